The standard InChI is InChI=1S/C18H28ClNO2/c1-13(21)10-17(2,3)12-20-16(22)18(4,5)11-14-7-6-8-15(19)9-14/h6-9,13,21H,10-12H2,1-5H3,(H,20,22). The molecule has 1 rings (SSSR count). The second kappa shape index (κ2) is 7.47. The van der Waals surface area contributed by atoms with Crippen LogP contribution in [-0.4, -0.2) is 23.7 Å². The third-order valence-corrected chi connectivity index (χ3v) is 3.96. The van der Waals surface area contributed by atoms with Crippen molar-refractivity contribution in [1.82, 2.24) is 5.32 Å². The first kappa shape index (κ1) is 19.0. The molecule has 0 heterocycles. The molecule has 2 N–H and O–H groups in total. The number of hydrogen-bond donors (Lipinski definition) is 2. The molecule has 1 atom stereocenters. The molecule has 0 spiro atoms. The van der Waals surface area contributed by atoms with Crippen LogP contribution in [0.15, 0.2) is 24.3 Å². The van der Waals surface area contributed by atoms with Crippen molar-refractivity contribution in [2.75, 3.05) is 6.54 Å². The molecule has 0 saturated heterocycles. The molecular formula is C18H28ClNO2. The minimum atomic E-state index is -0.508. The second-order valence-corrected chi connectivity index (χ2v) is 8.03. The summed E-state index contributed by atoms with van der Waals surface area (Å²) >= 11 is 6.00. The molecule has 22 heavy (non-hydrogen) atoms. The summed E-state index contributed by atoms with van der Waals surface area (Å²) in [4.78, 5) is 12.5. The Balaban J connectivity index is 2.63. The Bertz CT molecular complexity index is 510. The van der Waals surface area contributed by atoms with Crippen molar-refractivity contribution in [2.24, 2.45) is 10.8 Å². The first-order chi connectivity index (χ1) is 10.0. The lowest BCUT2D eigenvalue weighted by atomic mass is 9.83. The summed E-state index contributed by atoms with van der Waals surface area (Å²) in [5.41, 5.74) is 0.414. The zero-order valence-corrected chi connectivity index (χ0v) is 15.0. The van der Waals surface area contributed by atoms with E-state index in [2.05, 4.69) is 5.32 Å². The fourth-order valence-corrected chi connectivity index (χ4v) is 2.88. The SMILES string of the molecule is CC(O)CC(C)(C)CNC(=O)C(C)(C)Cc1cccc(Cl)c1. The van der Waals surface area contributed by atoms with Gasteiger partial charge in [-0.1, -0.05) is 51.4 Å². The molecule has 1 unspecified atom stereocenters. The van der Waals surface area contributed by atoms with E-state index in [1.165, 1.54) is 0 Å². The molecule has 124 valence electrons. The van der Waals surface area contributed by atoms with E-state index in [0.29, 0.717) is 24.4 Å². The van der Waals surface area contributed by atoms with Gasteiger partial charge in [-0.15, -0.1) is 0 Å². The first-order valence-corrected chi connectivity index (χ1v) is 8.10. The van der Waals surface area contributed by atoms with Crippen LogP contribution < -0.4 is 5.32 Å². The minimum Gasteiger partial charge on any atom is -0.393 e. The molecule has 4 heteroatoms. The number of aliphatic hydroxyl groups is 1. The molecule has 0 aliphatic rings. The Labute approximate surface area is 139 Å². The average Bonchev–Trinajstić information content (AvgIpc) is 2.33. The Morgan fingerprint density at radius 3 is 2.50 bits per heavy atom. The predicted molar refractivity (Wildman–Crippen MR) is 92.0 cm³/mol. The lowest BCUT2D eigenvalue weighted by molar-refractivity contribution is -0.129. The molecule has 0 fully saturated rings. The molecule has 0 aliphatic carbocycles. The Morgan fingerprint density at radius 1 is 1.32 bits per heavy atom. The monoisotopic (exact) mass is 325 g/mol. The van der Waals surface area contributed by atoms with Gasteiger partial charge in [0.05, 0.1) is 6.10 Å². The number of carbonyl (C=O) groups is 1. The van der Waals surface area contributed by atoms with E-state index in [-0.39, 0.29) is 17.4 Å². The van der Waals surface area contributed by atoms with Crippen LogP contribution >= 0.6 is 11.6 Å². The quantitative estimate of drug-likeness (QED) is 0.800. The maximum absolute atomic E-state index is 12.5. The van der Waals surface area contributed by atoms with Crippen molar-refractivity contribution in [2.45, 2.75) is 53.6 Å². The van der Waals surface area contributed by atoms with Crippen LogP contribution in [0.2, 0.25) is 5.02 Å². The highest BCUT2D eigenvalue weighted by Crippen LogP contribution is 2.25. The summed E-state index contributed by atoms with van der Waals surface area (Å²) in [7, 11) is 0. The van der Waals surface area contributed by atoms with Gasteiger partial charge in [-0.25, -0.2) is 0 Å². The fourth-order valence-electron chi connectivity index (χ4n) is 2.67. The van der Waals surface area contributed by atoms with Crippen LogP contribution in [0, 0.1) is 10.8 Å². The van der Waals surface area contributed by atoms with Crippen LogP contribution in [-0.2, 0) is 11.2 Å². The maximum atomic E-state index is 12.5. The zero-order valence-electron chi connectivity index (χ0n) is 14.2. The van der Waals surface area contributed by atoms with Gasteiger partial charge in [0.2, 0.25) is 5.91 Å². The molecule has 0 bridgehead atoms. The molecule has 0 radical (unpaired) electrons. The van der Waals surface area contributed by atoms with Gasteiger partial charge in [-0.2, -0.15) is 0 Å². The van der Waals surface area contributed by atoms with Crippen LogP contribution in [0.25, 0.3) is 0 Å². The molecule has 1 aromatic rings. The largest absolute Gasteiger partial charge is 0.393 e. The highest BCUT2D eigenvalue weighted by Gasteiger charge is 2.30. The summed E-state index contributed by atoms with van der Waals surface area (Å²) in [5, 5.41) is 13.2. The van der Waals surface area contributed by atoms with Crippen molar-refractivity contribution < 1.29 is 9.90 Å². The number of benzene rings is 1. The van der Waals surface area contributed by atoms with Crippen molar-refractivity contribution in [3.8, 4) is 0 Å². The lowest BCUT2D eigenvalue weighted by Crippen LogP contribution is -2.43. The van der Waals surface area contributed by atoms with E-state index in [0.717, 1.165) is 5.56 Å². The van der Waals surface area contributed by atoms with Gasteiger partial charge in [0, 0.05) is 17.0 Å². The summed E-state index contributed by atoms with van der Waals surface area (Å²) in [6, 6.07) is 7.61. The molecule has 3 nitrogen and oxygen atoms in total. The summed E-state index contributed by atoms with van der Waals surface area (Å²) < 4.78 is 0. The molecule has 1 amide bonds. The number of nitrogens with one attached hydrogen (secondary N) is 1. The van der Waals surface area contributed by atoms with Crippen LogP contribution in [0.4, 0.5) is 0 Å². The van der Waals surface area contributed by atoms with E-state index < -0.39 is 5.41 Å². The van der Waals surface area contributed by atoms with Gasteiger partial charge in [0.1, 0.15) is 0 Å². The van der Waals surface area contributed by atoms with E-state index in [1.807, 2.05) is 52.0 Å². The van der Waals surface area contributed by atoms with E-state index in [1.54, 1.807) is 6.92 Å². The van der Waals surface area contributed by atoms with Crippen molar-refractivity contribution in [1.29, 1.82) is 0 Å². The Morgan fingerprint density at radius 2 is 1.95 bits per heavy atom. The van der Waals surface area contributed by atoms with E-state index in [9.17, 15) is 9.90 Å². The molecule has 0 saturated carbocycles. The highest BCUT2D eigenvalue weighted by atomic mass is 35.5. The fraction of sp³-hybridized carbons (Fsp3) is 0.611. The Kier molecular flexibility index (Phi) is 6.45. The third-order valence-electron chi connectivity index (χ3n) is 3.73. The number of rotatable bonds is 7. The number of aliphatic hydroxyl groups excluding tert-OH is 1. The Hall–Kier alpha value is -1.06. The minimum absolute atomic E-state index is 0.0196. The number of amides is 1. The van der Waals surface area contributed by atoms with Crippen molar-refractivity contribution in [3.05, 3.63) is 34.9 Å². The van der Waals surface area contributed by atoms with Crippen molar-refractivity contribution >= 4 is 17.5 Å². The summed E-state index contributed by atoms with van der Waals surface area (Å²) in [6.45, 7) is 10.3. The normalized spacial score (nSPS) is 13.8. The number of carbonyl (C=O) groups excluding carboxylic acids is 1. The van der Waals surface area contributed by atoms with Gasteiger partial charge in [0.25, 0.3) is 0 Å². The van der Waals surface area contributed by atoms with Crippen LogP contribution in [0.3, 0.4) is 0 Å². The van der Waals surface area contributed by atoms with Crippen molar-refractivity contribution in [3.63, 3.8) is 0 Å². The summed E-state index contributed by atoms with van der Waals surface area (Å²) in [5.74, 6) is 0.0196. The van der Waals surface area contributed by atoms with Crippen LogP contribution in [0.5, 0.6) is 0 Å². The van der Waals surface area contributed by atoms with Gasteiger partial charge in [0.15, 0.2) is 0 Å². The zero-order chi connectivity index (χ0) is 17.0. The van der Waals surface area contributed by atoms with E-state index in [4.69, 9.17) is 11.6 Å². The predicted octanol–water partition coefficient (Wildman–Crippen LogP) is 3.82. The second-order valence-electron chi connectivity index (χ2n) is 7.59. The maximum Gasteiger partial charge on any atom is 0.226 e. The first-order valence-electron chi connectivity index (χ1n) is 7.73. The van der Waals surface area contributed by atoms with Gasteiger partial charge in [-0.3, -0.25) is 4.79 Å². The third kappa shape index (κ3) is 6.37. The highest BCUT2D eigenvalue weighted by molar-refractivity contribution is 6.30. The molecule has 1 aromatic carbocycles. The van der Waals surface area contributed by atoms with E-state index >= 15 is 0 Å². The molecule has 0 aliphatic heterocycles. The lowest BCUT2D eigenvalue weighted by Gasteiger charge is -2.30. The molecule has 0 aromatic heterocycles. The molecular weight excluding hydrogens is 298 g/mol. The number of halogens is 1. The number of hydrogen-bond acceptors (Lipinski definition) is 2. The summed E-state index contributed by atoms with van der Waals surface area (Å²) in [6.07, 6.45) is 0.921. The van der Waals surface area contributed by atoms with Crippen LogP contribution in [0.1, 0.15) is 46.6 Å². The smallest absolute Gasteiger partial charge is 0.226 e. The topological polar surface area (TPSA) is 49.3 Å². The van der Waals surface area contributed by atoms with Gasteiger partial charge < -0.3 is 10.4 Å². The average molecular weight is 326 g/mol. The van der Waals surface area contributed by atoms with Gasteiger partial charge >= 0.3 is 0 Å². The van der Waals surface area contributed by atoms with Gasteiger partial charge in [-0.05, 0) is 42.9 Å².